The predicted molar refractivity (Wildman–Crippen MR) is 116 cm³/mol. The molecule has 150 valence electrons. The lowest BCUT2D eigenvalue weighted by Gasteiger charge is -2.20. The van der Waals surface area contributed by atoms with Gasteiger partial charge >= 0.3 is 0 Å². The normalized spacial score (nSPS) is 13.7. The summed E-state index contributed by atoms with van der Waals surface area (Å²) in [5, 5.41) is 3.47. The number of thioether (sulfide) groups is 1. The summed E-state index contributed by atoms with van der Waals surface area (Å²) in [5.41, 5.74) is 1.81. The van der Waals surface area contributed by atoms with Crippen LogP contribution in [0.25, 0.3) is 10.2 Å². The highest BCUT2D eigenvalue weighted by Crippen LogP contribution is 2.29. The van der Waals surface area contributed by atoms with Crippen LogP contribution in [0.4, 0.5) is 0 Å². The maximum atomic E-state index is 12.3. The molecule has 4 rings (SSSR count). The highest BCUT2D eigenvalue weighted by atomic mass is 35.5. The van der Waals surface area contributed by atoms with Gasteiger partial charge in [0.05, 0.1) is 16.0 Å². The summed E-state index contributed by atoms with van der Waals surface area (Å²) in [6.07, 6.45) is 0. The fourth-order valence-corrected chi connectivity index (χ4v) is 5.06. The average molecular weight is 448 g/mol. The van der Waals surface area contributed by atoms with Crippen molar-refractivity contribution in [3.8, 4) is 5.75 Å². The number of nitrogens with one attached hydrogen (secondary N) is 1. The van der Waals surface area contributed by atoms with E-state index in [0.29, 0.717) is 30.4 Å². The number of hydrogen-bond donors (Lipinski definition) is 1. The van der Waals surface area contributed by atoms with E-state index < -0.39 is 0 Å². The molecule has 0 unspecified atom stereocenters. The number of rotatable bonds is 6. The summed E-state index contributed by atoms with van der Waals surface area (Å²) in [6.45, 7) is 1.17. The largest absolute Gasteiger partial charge is 0.483 e. The minimum atomic E-state index is -0.115. The van der Waals surface area contributed by atoms with Crippen LogP contribution in [0, 0.1) is 0 Å². The van der Waals surface area contributed by atoms with Crippen LogP contribution in [0.2, 0.25) is 5.02 Å². The first-order chi connectivity index (χ1) is 14.1. The topological polar surface area (TPSA) is 71.5 Å². The molecule has 2 amide bonds. The Balaban J connectivity index is 1.26. The van der Waals surface area contributed by atoms with Gasteiger partial charge < -0.3 is 15.0 Å². The summed E-state index contributed by atoms with van der Waals surface area (Å²) < 4.78 is 7.52. The van der Waals surface area contributed by atoms with E-state index in [4.69, 9.17) is 16.3 Å². The molecule has 1 N–H and O–H groups in total. The summed E-state index contributed by atoms with van der Waals surface area (Å²) in [6, 6.07) is 13.2. The zero-order valence-electron chi connectivity index (χ0n) is 15.4. The molecule has 2 aromatic carbocycles. The van der Waals surface area contributed by atoms with E-state index in [1.807, 2.05) is 24.3 Å². The number of para-hydroxylation sites is 1. The van der Waals surface area contributed by atoms with E-state index in [2.05, 4.69) is 10.3 Å². The molecule has 6 nitrogen and oxygen atoms in total. The monoisotopic (exact) mass is 447 g/mol. The van der Waals surface area contributed by atoms with Gasteiger partial charge in [-0.25, -0.2) is 4.98 Å². The fourth-order valence-electron chi connectivity index (χ4n) is 2.96. The van der Waals surface area contributed by atoms with Gasteiger partial charge in [0, 0.05) is 30.2 Å². The third-order valence-electron chi connectivity index (χ3n) is 4.39. The average Bonchev–Trinajstić information content (AvgIpc) is 3.07. The van der Waals surface area contributed by atoms with Crippen molar-refractivity contribution in [2.75, 3.05) is 25.4 Å². The third-order valence-corrected chi connectivity index (χ3v) is 6.81. The first-order valence-corrected chi connectivity index (χ1v) is 11.2. The lowest BCUT2D eigenvalue weighted by atomic mass is 10.2. The van der Waals surface area contributed by atoms with Crippen LogP contribution in [0.5, 0.6) is 5.75 Å². The van der Waals surface area contributed by atoms with Crippen molar-refractivity contribution >= 4 is 56.7 Å². The van der Waals surface area contributed by atoms with Crippen LogP contribution in [-0.2, 0) is 16.1 Å². The van der Waals surface area contributed by atoms with Crippen LogP contribution in [0.15, 0.2) is 46.8 Å². The number of hydrogen-bond acceptors (Lipinski definition) is 6. The smallest absolute Gasteiger partial charge is 0.260 e. The maximum Gasteiger partial charge on any atom is 0.260 e. The standard InChI is InChI=1S/C20H18ClN3O3S2/c21-14-5-6-16-13(9-14)10-24(19(26)11-27-16)8-7-22-18(25)12-28-20-23-15-3-1-2-4-17(15)29-20/h1-6,9H,7-8,10-12H2,(H,22,25). The van der Waals surface area contributed by atoms with Crippen molar-refractivity contribution in [1.29, 1.82) is 0 Å². The van der Waals surface area contributed by atoms with Crippen LogP contribution in [0.1, 0.15) is 5.56 Å². The first kappa shape index (κ1) is 20.0. The number of amides is 2. The molecule has 1 aliphatic heterocycles. The SMILES string of the molecule is O=C(CSc1nc2ccccc2s1)NCCN1Cc2cc(Cl)ccc2OCC1=O. The lowest BCUT2D eigenvalue weighted by Crippen LogP contribution is -2.39. The molecule has 0 atom stereocenters. The van der Waals surface area contributed by atoms with Crippen LogP contribution in [0.3, 0.4) is 0 Å². The van der Waals surface area contributed by atoms with Crippen molar-refractivity contribution in [1.82, 2.24) is 15.2 Å². The number of benzene rings is 2. The van der Waals surface area contributed by atoms with E-state index in [1.165, 1.54) is 11.8 Å². The highest BCUT2D eigenvalue weighted by molar-refractivity contribution is 8.01. The Hall–Kier alpha value is -2.29. The van der Waals surface area contributed by atoms with Gasteiger partial charge in [-0.05, 0) is 30.3 Å². The first-order valence-electron chi connectivity index (χ1n) is 9.02. The lowest BCUT2D eigenvalue weighted by molar-refractivity contribution is -0.133. The Morgan fingerprint density at radius 3 is 3.03 bits per heavy atom. The molecule has 1 aromatic heterocycles. The van der Waals surface area contributed by atoms with Crippen molar-refractivity contribution in [3.63, 3.8) is 0 Å². The van der Waals surface area contributed by atoms with E-state index in [9.17, 15) is 9.59 Å². The van der Waals surface area contributed by atoms with Crippen molar-refractivity contribution < 1.29 is 14.3 Å². The molecule has 0 bridgehead atoms. The van der Waals surface area contributed by atoms with Crippen molar-refractivity contribution in [3.05, 3.63) is 53.1 Å². The number of nitrogens with zero attached hydrogens (tertiary/aromatic N) is 2. The Labute approximate surface area is 181 Å². The van der Waals surface area contributed by atoms with E-state index in [-0.39, 0.29) is 24.2 Å². The summed E-state index contributed by atoms with van der Waals surface area (Å²) >= 11 is 9.04. The third kappa shape index (κ3) is 5.01. The molecule has 9 heteroatoms. The fraction of sp³-hybridized carbons (Fsp3) is 0.250. The summed E-state index contributed by atoms with van der Waals surface area (Å²) in [5.74, 6) is 0.753. The molecule has 2 heterocycles. The van der Waals surface area contributed by atoms with Crippen LogP contribution in [-0.4, -0.2) is 47.1 Å². The second kappa shape index (κ2) is 9.02. The molecule has 0 fully saturated rings. The number of carbonyl (C=O) groups is 2. The number of aromatic nitrogens is 1. The molecule has 29 heavy (non-hydrogen) atoms. The highest BCUT2D eigenvalue weighted by Gasteiger charge is 2.21. The Morgan fingerprint density at radius 2 is 2.17 bits per heavy atom. The Bertz CT molecular complexity index is 1020. The molecule has 3 aromatic rings. The molecule has 0 saturated heterocycles. The Kier molecular flexibility index (Phi) is 6.22. The van der Waals surface area contributed by atoms with Crippen LogP contribution < -0.4 is 10.1 Å². The molecule has 1 aliphatic rings. The number of ether oxygens (including phenoxy) is 1. The van der Waals surface area contributed by atoms with Crippen LogP contribution >= 0.6 is 34.7 Å². The van der Waals surface area contributed by atoms with Gasteiger partial charge in [0.1, 0.15) is 5.75 Å². The van der Waals surface area contributed by atoms with Gasteiger partial charge in [-0.1, -0.05) is 35.5 Å². The molecule has 0 radical (unpaired) electrons. The minimum Gasteiger partial charge on any atom is -0.483 e. The Morgan fingerprint density at radius 1 is 1.31 bits per heavy atom. The summed E-state index contributed by atoms with van der Waals surface area (Å²) in [4.78, 5) is 30.6. The van der Waals surface area contributed by atoms with Gasteiger partial charge in [0.15, 0.2) is 10.9 Å². The maximum absolute atomic E-state index is 12.3. The number of halogens is 1. The number of carbonyl (C=O) groups excluding carboxylic acids is 2. The van der Waals surface area contributed by atoms with Gasteiger partial charge in [0.25, 0.3) is 5.91 Å². The van der Waals surface area contributed by atoms with Crippen molar-refractivity contribution in [2.45, 2.75) is 10.9 Å². The molecule has 0 spiro atoms. The van der Waals surface area contributed by atoms with Gasteiger partial charge in [-0.3, -0.25) is 9.59 Å². The quantitative estimate of drug-likeness (QED) is 0.585. The second-order valence-electron chi connectivity index (χ2n) is 6.44. The molecule has 0 aliphatic carbocycles. The van der Waals surface area contributed by atoms with Gasteiger partial charge in [-0.15, -0.1) is 11.3 Å². The number of fused-ring (bicyclic) bond motifs is 2. The van der Waals surface area contributed by atoms with E-state index in [0.717, 1.165) is 20.1 Å². The predicted octanol–water partition coefficient (Wildman–Crippen LogP) is 3.58. The molecule has 0 saturated carbocycles. The number of thiazole rings is 1. The van der Waals surface area contributed by atoms with Crippen molar-refractivity contribution in [2.24, 2.45) is 0 Å². The second-order valence-corrected chi connectivity index (χ2v) is 9.13. The summed E-state index contributed by atoms with van der Waals surface area (Å²) in [7, 11) is 0. The van der Waals surface area contributed by atoms with E-state index in [1.54, 1.807) is 34.4 Å². The molecular formula is C20H18ClN3O3S2. The zero-order chi connectivity index (χ0) is 20.2. The zero-order valence-corrected chi connectivity index (χ0v) is 17.8. The van der Waals surface area contributed by atoms with Gasteiger partial charge in [-0.2, -0.15) is 0 Å². The molecular weight excluding hydrogens is 430 g/mol. The van der Waals surface area contributed by atoms with E-state index >= 15 is 0 Å². The van der Waals surface area contributed by atoms with Gasteiger partial charge in [0.2, 0.25) is 5.91 Å². The minimum absolute atomic E-state index is 0.0178.